The number of unbranched alkanes of at least 4 members (excludes halogenated alkanes) is 1. The minimum Gasteiger partial charge on any atom is -0.493 e. The van der Waals surface area contributed by atoms with Crippen LogP contribution in [0.15, 0.2) is 34.7 Å². The first-order chi connectivity index (χ1) is 11.1. The van der Waals surface area contributed by atoms with E-state index in [0.29, 0.717) is 6.61 Å². The Hall–Kier alpha value is -1.94. The molecule has 2 rings (SSSR count). The lowest BCUT2D eigenvalue weighted by Crippen LogP contribution is -2.17. The highest BCUT2D eigenvalue weighted by Crippen LogP contribution is 2.28. The Morgan fingerprint density at radius 3 is 2.65 bits per heavy atom. The van der Waals surface area contributed by atoms with E-state index in [0.717, 1.165) is 48.0 Å². The Kier molecular flexibility index (Phi) is 6.53. The maximum atomic E-state index is 5.83. The monoisotopic (exact) mass is 317 g/mol. The lowest BCUT2D eigenvalue weighted by Gasteiger charge is -2.14. The van der Waals surface area contributed by atoms with E-state index < -0.39 is 0 Å². The third kappa shape index (κ3) is 5.03. The first-order valence-electron chi connectivity index (χ1n) is 8.23. The van der Waals surface area contributed by atoms with Crippen molar-refractivity contribution in [3.8, 4) is 11.5 Å². The molecule has 0 amide bonds. The second-order valence-electron chi connectivity index (χ2n) is 5.74. The van der Waals surface area contributed by atoms with Crippen molar-refractivity contribution in [1.82, 2.24) is 5.32 Å². The fourth-order valence-corrected chi connectivity index (χ4v) is 2.33. The molecule has 0 bridgehead atoms. The molecule has 0 aliphatic carbocycles. The Balaban J connectivity index is 1.97. The lowest BCUT2D eigenvalue weighted by atomic mass is 10.1. The van der Waals surface area contributed by atoms with Gasteiger partial charge in [0.05, 0.1) is 19.8 Å². The van der Waals surface area contributed by atoms with E-state index in [1.165, 1.54) is 0 Å². The number of hydrogen-bond acceptors (Lipinski definition) is 4. The zero-order chi connectivity index (χ0) is 16.7. The second-order valence-corrected chi connectivity index (χ2v) is 5.74. The molecule has 0 saturated heterocycles. The van der Waals surface area contributed by atoms with Crippen molar-refractivity contribution in [3.05, 3.63) is 47.4 Å². The van der Waals surface area contributed by atoms with Crippen LogP contribution in [0.3, 0.4) is 0 Å². The van der Waals surface area contributed by atoms with Gasteiger partial charge in [-0.15, -0.1) is 0 Å². The van der Waals surface area contributed by atoms with Gasteiger partial charge in [0.15, 0.2) is 11.5 Å². The number of nitrogens with one attached hydrogen (secondary N) is 1. The molecule has 0 spiro atoms. The highest BCUT2D eigenvalue weighted by atomic mass is 16.5. The summed E-state index contributed by atoms with van der Waals surface area (Å²) in [5.41, 5.74) is 1.16. The summed E-state index contributed by atoms with van der Waals surface area (Å²) in [4.78, 5) is 0. The summed E-state index contributed by atoms with van der Waals surface area (Å²) < 4.78 is 16.9. The molecular formula is C19H27NO3. The van der Waals surface area contributed by atoms with Gasteiger partial charge in [-0.25, -0.2) is 0 Å². The molecule has 2 aromatic rings. The van der Waals surface area contributed by atoms with Crippen LogP contribution < -0.4 is 14.8 Å². The third-order valence-corrected chi connectivity index (χ3v) is 3.78. The number of rotatable bonds is 9. The molecule has 0 aliphatic rings. The van der Waals surface area contributed by atoms with Gasteiger partial charge in [0.2, 0.25) is 0 Å². The zero-order valence-electron chi connectivity index (χ0n) is 14.5. The number of hydrogen-bond donors (Lipinski definition) is 1. The highest BCUT2D eigenvalue weighted by molar-refractivity contribution is 5.43. The largest absolute Gasteiger partial charge is 0.493 e. The normalized spacial score (nSPS) is 12.2. The van der Waals surface area contributed by atoms with E-state index in [1.807, 2.05) is 31.2 Å². The molecule has 1 N–H and O–H groups in total. The average Bonchev–Trinajstić information content (AvgIpc) is 2.99. The van der Waals surface area contributed by atoms with E-state index in [9.17, 15) is 0 Å². The first kappa shape index (κ1) is 17.4. The van der Waals surface area contributed by atoms with E-state index in [2.05, 4.69) is 25.2 Å². The summed E-state index contributed by atoms with van der Waals surface area (Å²) in [6.07, 6.45) is 2.16. The maximum Gasteiger partial charge on any atom is 0.161 e. The van der Waals surface area contributed by atoms with Gasteiger partial charge in [0.1, 0.15) is 11.5 Å². The molecule has 1 atom stereocenters. The van der Waals surface area contributed by atoms with Crippen LogP contribution in [0.2, 0.25) is 0 Å². The molecule has 0 aliphatic heterocycles. The van der Waals surface area contributed by atoms with Gasteiger partial charge in [-0.1, -0.05) is 19.4 Å². The van der Waals surface area contributed by atoms with Crippen LogP contribution in [0.4, 0.5) is 0 Å². The van der Waals surface area contributed by atoms with Crippen molar-refractivity contribution >= 4 is 0 Å². The molecule has 1 aromatic heterocycles. The fraction of sp³-hybridized carbons (Fsp3) is 0.474. The Bertz CT molecular complexity index is 606. The van der Waals surface area contributed by atoms with Crippen molar-refractivity contribution in [2.24, 2.45) is 0 Å². The molecule has 23 heavy (non-hydrogen) atoms. The SMILES string of the molecule is CCCCOc1cc(CNC(C)c2ccc(C)o2)ccc1OC. The Labute approximate surface area is 138 Å². The molecular weight excluding hydrogens is 290 g/mol. The van der Waals surface area contributed by atoms with E-state index in [-0.39, 0.29) is 6.04 Å². The summed E-state index contributed by atoms with van der Waals surface area (Å²) in [5.74, 6) is 3.47. The third-order valence-electron chi connectivity index (χ3n) is 3.78. The molecule has 0 radical (unpaired) electrons. The van der Waals surface area contributed by atoms with E-state index >= 15 is 0 Å². The minimum atomic E-state index is 0.162. The smallest absolute Gasteiger partial charge is 0.161 e. The highest BCUT2D eigenvalue weighted by Gasteiger charge is 2.10. The van der Waals surface area contributed by atoms with Crippen LogP contribution in [0.1, 0.15) is 49.8 Å². The topological polar surface area (TPSA) is 43.6 Å². The van der Waals surface area contributed by atoms with Gasteiger partial charge in [-0.2, -0.15) is 0 Å². The quantitative estimate of drug-likeness (QED) is 0.685. The first-order valence-corrected chi connectivity index (χ1v) is 8.23. The van der Waals surface area contributed by atoms with Gasteiger partial charge in [-0.05, 0) is 50.1 Å². The van der Waals surface area contributed by atoms with Crippen molar-refractivity contribution < 1.29 is 13.9 Å². The van der Waals surface area contributed by atoms with Crippen LogP contribution in [-0.4, -0.2) is 13.7 Å². The summed E-state index contributed by atoms with van der Waals surface area (Å²) in [7, 11) is 1.67. The number of aryl methyl sites for hydroxylation is 1. The molecule has 1 heterocycles. The van der Waals surface area contributed by atoms with Gasteiger partial charge in [-0.3, -0.25) is 0 Å². The van der Waals surface area contributed by atoms with Crippen molar-refractivity contribution in [1.29, 1.82) is 0 Å². The Morgan fingerprint density at radius 2 is 2.00 bits per heavy atom. The van der Waals surface area contributed by atoms with Crippen LogP contribution in [0, 0.1) is 6.92 Å². The molecule has 4 nitrogen and oxygen atoms in total. The van der Waals surface area contributed by atoms with Crippen molar-refractivity contribution in [2.75, 3.05) is 13.7 Å². The fourth-order valence-electron chi connectivity index (χ4n) is 2.33. The molecule has 4 heteroatoms. The predicted octanol–water partition coefficient (Wildman–Crippen LogP) is 4.63. The van der Waals surface area contributed by atoms with E-state index in [4.69, 9.17) is 13.9 Å². The van der Waals surface area contributed by atoms with Crippen LogP contribution in [-0.2, 0) is 6.54 Å². The van der Waals surface area contributed by atoms with Gasteiger partial charge in [0, 0.05) is 6.54 Å². The van der Waals surface area contributed by atoms with Crippen LogP contribution >= 0.6 is 0 Å². The molecule has 126 valence electrons. The van der Waals surface area contributed by atoms with Gasteiger partial charge >= 0.3 is 0 Å². The minimum absolute atomic E-state index is 0.162. The Morgan fingerprint density at radius 1 is 1.17 bits per heavy atom. The summed E-state index contributed by atoms with van der Waals surface area (Å²) >= 11 is 0. The number of benzene rings is 1. The van der Waals surface area contributed by atoms with Crippen molar-refractivity contribution in [3.63, 3.8) is 0 Å². The van der Waals surface area contributed by atoms with Crippen LogP contribution in [0.5, 0.6) is 11.5 Å². The molecule has 1 unspecified atom stereocenters. The predicted molar refractivity (Wildman–Crippen MR) is 92.1 cm³/mol. The van der Waals surface area contributed by atoms with Crippen molar-refractivity contribution in [2.45, 2.75) is 46.2 Å². The zero-order valence-corrected chi connectivity index (χ0v) is 14.5. The standard InChI is InChI=1S/C19H27NO3/c1-5-6-11-22-19-12-16(8-10-18(19)21-4)13-20-15(3)17-9-7-14(2)23-17/h7-10,12,15,20H,5-6,11,13H2,1-4H3. The van der Waals surface area contributed by atoms with Crippen LogP contribution in [0.25, 0.3) is 0 Å². The van der Waals surface area contributed by atoms with Gasteiger partial charge in [0.25, 0.3) is 0 Å². The summed E-state index contributed by atoms with van der Waals surface area (Å²) in [6, 6.07) is 10.2. The second kappa shape index (κ2) is 8.63. The summed E-state index contributed by atoms with van der Waals surface area (Å²) in [6.45, 7) is 7.67. The molecule has 0 fully saturated rings. The summed E-state index contributed by atoms with van der Waals surface area (Å²) in [5, 5.41) is 3.47. The number of furan rings is 1. The van der Waals surface area contributed by atoms with E-state index in [1.54, 1.807) is 7.11 Å². The lowest BCUT2D eigenvalue weighted by molar-refractivity contribution is 0.288. The number of ether oxygens (including phenoxy) is 2. The van der Waals surface area contributed by atoms with Gasteiger partial charge < -0.3 is 19.2 Å². The maximum absolute atomic E-state index is 5.83. The number of methoxy groups -OCH3 is 1. The molecule has 0 saturated carbocycles. The average molecular weight is 317 g/mol. The molecule has 1 aromatic carbocycles.